The molecule has 2 rings (SSSR count). The van der Waals surface area contributed by atoms with Gasteiger partial charge in [0.1, 0.15) is 13.1 Å². The maximum atomic E-state index is 4.49. The fourth-order valence-corrected chi connectivity index (χ4v) is 4.76. The van der Waals surface area contributed by atoms with Gasteiger partial charge in [0.05, 0.1) is 4.21 Å². The van der Waals surface area contributed by atoms with Crippen LogP contribution in [-0.4, -0.2) is 13.1 Å². The van der Waals surface area contributed by atoms with Gasteiger partial charge in [-0.3, -0.25) is 0 Å². The lowest BCUT2D eigenvalue weighted by Crippen LogP contribution is -2.21. The molecule has 4 heteroatoms. The van der Waals surface area contributed by atoms with Crippen molar-refractivity contribution in [3.63, 3.8) is 0 Å². The molecule has 2 heterocycles. The Hall–Kier alpha value is 0.200. The predicted molar refractivity (Wildman–Crippen MR) is 63.1 cm³/mol. The van der Waals surface area contributed by atoms with E-state index in [2.05, 4.69) is 24.1 Å². The normalized spacial score (nSPS) is 16.9. The van der Waals surface area contributed by atoms with Gasteiger partial charge in [-0.2, -0.15) is 0 Å². The first-order valence-electron chi connectivity index (χ1n) is 4.71. The summed E-state index contributed by atoms with van der Waals surface area (Å²) in [6, 6.07) is 0. The average molecular weight is 232 g/mol. The van der Waals surface area contributed by atoms with Crippen LogP contribution >= 0.6 is 35.3 Å². The summed E-state index contributed by atoms with van der Waals surface area (Å²) in [5, 5.41) is 0. The number of hydrogen-bond donors (Lipinski definition) is 1. The summed E-state index contributed by atoms with van der Waals surface area (Å²) in [5.41, 5.74) is 0. The largest absolute Gasteiger partial charge is 0.315 e. The third kappa shape index (κ3) is 2.00. The highest BCUT2D eigenvalue weighted by atomic mass is 32.2. The highest BCUT2D eigenvalue weighted by molar-refractivity contribution is 7.83. The third-order valence-electron chi connectivity index (χ3n) is 2.32. The van der Waals surface area contributed by atoms with Crippen LogP contribution in [0.1, 0.15) is 24.6 Å². The Morgan fingerprint density at radius 1 is 1.31 bits per heavy atom. The molecule has 0 unspecified atom stereocenters. The Kier molecular flexibility index (Phi) is 3.11. The van der Waals surface area contributed by atoms with E-state index in [1.807, 2.05) is 22.7 Å². The summed E-state index contributed by atoms with van der Waals surface area (Å²) < 4.78 is 5.17. The smallest absolute Gasteiger partial charge is 0.212 e. The molecule has 0 saturated carbocycles. The molecule has 1 aliphatic rings. The second-order valence-electron chi connectivity index (χ2n) is 3.25. The van der Waals surface area contributed by atoms with E-state index in [0.29, 0.717) is 0 Å². The van der Waals surface area contributed by atoms with Gasteiger partial charge in [-0.05, 0) is 6.42 Å². The van der Waals surface area contributed by atoms with Gasteiger partial charge in [0.2, 0.25) is 0 Å². The van der Waals surface area contributed by atoms with Crippen LogP contribution in [0.4, 0.5) is 0 Å². The van der Waals surface area contributed by atoms with Crippen molar-refractivity contribution in [2.75, 3.05) is 13.1 Å². The van der Waals surface area contributed by atoms with Gasteiger partial charge in [0.25, 0.3) is 0 Å². The van der Waals surface area contributed by atoms with Crippen molar-refractivity contribution in [2.24, 2.45) is 0 Å². The highest BCUT2D eigenvalue weighted by Crippen LogP contribution is 2.21. The van der Waals surface area contributed by atoms with Gasteiger partial charge in [-0.15, -0.1) is 12.6 Å². The van der Waals surface area contributed by atoms with Gasteiger partial charge in [0, 0.05) is 17.7 Å². The van der Waals surface area contributed by atoms with E-state index in [-0.39, 0.29) is 0 Å². The molecule has 0 N–H and O–H groups in total. The van der Waals surface area contributed by atoms with Crippen LogP contribution in [0.25, 0.3) is 0 Å². The third-order valence-corrected chi connectivity index (χ3v) is 5.69. The molecule has 13 heavy (non-hydrogen) atoms. The van der Waals surface area contributed by atoms with Gasteiger partial charge in [-0.25, -0.2) is 4.58 Å². The van der Waals surface area contributed by atoms with E-state index in [0.717, 1.165) is 6.42 Å². The first-order chi connectivity index (χ1) is 6.31. The molecule has 1 aromatic heterocycles. The van der Waals surface area contributed by atoms with E-state index < -0.39 is 0 Å². The fourth-order valence-electron chi connectivity index (χ4n) is 1.56. The molecule has 1 aliphatic heterocycles. The molecule has 0 bridgehead atoms. The Morgan fingerprint density at radius 3 is 2.54 bits per heavy atom. The Bertz CT molecular complexity index is 353. The van der Waals surface area contributed by atoms with Gasteiger partial charge < -0.3 is 0 Å². The predicted octanol–water partition coefficient (Wildman–Crippen LogP) is 2.23. The van der Waals surface area contributed by atoms with Crippen LogP contribution in [0.2, 0.25) is 0 Å². The maximum Gasteiger partial charge on any atom is 0.315 e. The topological polar surface area (TPSA) is 3.01 Å². The first-order valence-corrected chi connectivity index (χ1v) is 6.79. The van der Waals surface area contributed by atoms with Crippen LogP contribution in [-0.2, 0) is 6.42 Å². The second-order valence-corrected chi connectivity index (χ2v) is 6.34. The minimum absolute atomic E-state index is 1.12. The standard InChI is InChI=1S/C9H13NS3/c1-2-7-8(11)13-9(12-7)10-5-3-4-6-10/h2-6H2,1H3/p+1. The van der Waals surface area contributed by atoms with E-state index in [4.69, 9.17) is 0 Å². The van der Waals surface area contributed by atoms with Crippen molar-refractivity contribution in [3.8, 4) is 0 Å². The van der Waals surface area contributed by atoms with Crippen molar-refractivity contribution < 1.29 is 0 Å². The van der Waals surface area contributed by atoms with Crippen molar-refractivity contribution in [2.45, 2.75) is 30.4 Å². The van der Waals surface area contributed by atoms with Crippen molar-refractivity contribution in [1.82, 2.24) is 4.58 Å². The minimum Gasteiger partial charge on any atom is -0.212 e. The SMILES string of the molecule is CCc1sc(=[N+]2CCCC2)sc1S. The molecule has 0 aliphatic carbocycles. The molecule has 0 aromatic carbocycles. The zero-order valence-corrected chi connectivity index (χ0v) is 10.3. The molecular weight excluding hydrogens is 218 g/mol. The van der Waals surface area contributed by atoms with Crippen molar-refractivity contribution >= 4 is 35.3 Å². The van der Waals surface area contributed by atoms with Crippen molar-refractivity contribution in [3.05, 3.63) is 8.86 Å². The number of rotatable bonds is 1. The van der Waals surface area contributed by atoms with E-state index in [1.165, 1.54) is 39.0 Å². The molecule has 1 fully saturated rings. The first kappa shape index (κ1) is 9.74. The van der Waals surface area contributed by atoms with E-state index >= 15 is 0 Å². The summed E-state index contributed by atoms with van der Waals surface area (Å²) in [6.07, 6.45) is 3.83. The zero-order chi connectivity index (χ0) is 9.26. The molecule has 0 radical (unpaired) electrons. The molecule has 1 nitrogen and oxygen atoms in total. The fraction of sp³-hybridized carbons (Fsp3) is 0.667. The van der Waals surface area contributed by atoms with Crippen LogP contribution < -0.4 is 8.56 Å². The molecular formula is C9H14NS3+. The summed E-state index contributed by atoms with van der Waals surface area (Å²) in [4.78, 5) is 1.44. The maximum absolute atomic E-state index is 4.49. The van der Waals surface area contributed by atoms with Crippen LogP contribution in [0.3, 0.4) is 0 Å². The second kappa shape index (κ2) is 4.15. The van der Waals surface area contributed by atoms with Crippen LogP contribution in [0.15, 0.2) is 4.21 Å². The summed E-state index contributed by atoms with van der Waals surface area (Å²) in [6.45, 7) is 4.69. The molecule has 1 saturated heterocycles. The van der Waals surface area contributed by atoms with Gasteiger partial charge >= 0.3 is 3.98 Å². The molecule has 0 spiro atoms. The van der Waals surface area contributed by atoms with Crippen LogP contribution in [0.5, 0.6) is 0 Å². The van der Waals surface area contributed by atoms with Crippen molar-refractivity contribution in [1.29, 1.82) is 0 Å². The van der Waals surface area contributed by atoms with E-state index in [9.17, 15) is 0 Å². The Morgan fingerprint density at radius 2 is 2.00 bits per heavy atom. The Labute approximate surface area is 92.2 Å². The number of aryl methyl sites for hydroxylation is 1. The lowest BCUT2D eigenvalue weighted by Gasteiger charge is -1.85. The molecule has 0 amide bonds. The summed E-state index contributed by atoms with van der Waals surface area (Å²) in [7, 11) is 0. The summed E-state index contributed by atoms with van der Waals surface area (Å²) in [5.74, 6) is 0. The van der Waals surface area contributed by atoms with Crippen LogP contribution in [0, 0.1) is 0 Å². The number of nitrogens with zero attached hydrogens (tertiary/aromatic N) is 1. The monoisotopic (exact) mass is 232 g/mol. The molecule has 72 valence electrons. The molecule has 1 aromatic rings. The number of hydrogen-bond acceptors (Lipinski definition) is 3. The average Bonchev–Trinajstić information content (AvgIpc) is 2.71. The Balaban J connectivity index is 2.45. The lowest BCUT2D eigenvalue weighted by atomic mass is 10.4. The lowest BCUT2D eigenvalue weighted by molar-refractivity contribution is 0.716. The summed E-state index contributed by atoms with van der Waals surface area (Å²) >= 11 is 8.26. The van der Waals surface area contributed by atoms with Gasteiger partial charge in [0.15, 0.2) is 0 Å². The van der Waals surface area contributed by atoms with E-state index in [1.54, 1.807) is 0 Å². The van der Waals surface area contributed by atoms with Gasteiger partial charge in [-0.1, -0.05) is 29.6 Å². The zero-order valence-electron chi connectivity index (χ0n) is 7.75. The number of thiol groups is 1. The quantitative estimate of drug-likeness (QED) is 0.559. The molecule has 0 atom stereocenters. The highest BCUT2D eigenvalue weighted by Gasteiger charge is 2.16. The minimum atomic E-state index is 1.12.